The van der Waals surface area contributed by atoms with E-state index in [0.29, 0.717) is 24.2 Å². The predicted molar refractivity (Wildman–Crippen MR) is 108 cm³/mol. The molecule has 3 rings (SSSR count). The van der Waals surface area contributed by atoms with Gasteiger partial charge in [0.1, 0.15) is 12.4 Å². The van der Waals surface area contributed by atoms with Crippen molar-refractivity contribution in [2.75, 3.05) is 20.3 Å². The number of benzene rings is 2. The van der Waals surface area contributed by atoms with Crippen LogP contribution < -0.4 is 4.74 Å². The Balaban J connectivity index is 1.94. The number of nitro benzene ring substituents is 1. The van der Waals surface area contributed by atoms with E-state index in [2.05, 4.69) is 0 Å². The van der Waals surface area contributed by atoms with Gasteiger partial charge in [-0.05, 0) is 42.7 Å². The number of nitrogens with zero attached hydrogens (tertiary/aromatic N) is 2. The van der Waals surface area contributed by atoms with Gasteiger partial charge >= 0.3 is 6.18 Å². The molecule has 12 heteroatoms. The van der Waals surface area contributed by atoms with Gasteiger partial charge in [-0.25, -0.2) is 8.42 Å². The SMILES string of the molecule is COc1ccc([C@@H](OCC(F)(F)F)[C@H]2CCCN2S(=O)(=O)c2ccc([N+](=O)[O-])cc2)cc1. The number of halogens is 3. The molecule has 0 N–H and O–H groups in total. The van der Waals surface area contributed by atoms with Gasteiger partial charge in [-0.3, -0.25) is 10.1 Å². The number of sulfonamides is 1. The van der Waals surface area contributed by atoms with Crippen molar-refractivity contribution in [1.29, 1.82) is 0 Å². The van der Waals surface area contributed by atoms with Crippen LogP contribution in [-0.4, -0.2) is 50.1 Å². The molecule has 1 aliphatic rings. The topological polar surface area (TPSA) is 99.0 Å². The largest absolute Gasteiger partial charge is 0.497 e. The molecule has 0 aromatic heterocycles. The summed E-state index contributed by atoms with van der Waals surface area (Å²) >= 11 is 0. The lowest BCUT2D eigenvalue weighted by Gasteiger charge is -2.31. The van der Waals surface area contributed by atoms with Crippen molar-refractivity contribution in [3.63, 3.8) is 0 Å². The second-order valence-corrected chi connectivity index (χ2v) is 9.09. The fraction of sp³-hybridized carbons (Fsp3) is 0.400. The van der Waals surface area contributed by atoms with E-state index in [0.717, 1.165) is 28.6 Å². The third-order valence-corrected chi connectivity index (χ3v) is 7.06. The van der Waals surface area contributed by atoms with Crippen LogP contribution in [0.1, 0.15) is 24.5 Å². The maximum atomic E-state index is 13.2. The molecule has 32 heavy (non-hydrogen) atoms. The molecule has 1 aliphatic heterocycles. The zero-order valence-corrected chi connectivity index (χ0v) is 17.8. The van der Waals surface area contributed by atoms with Crippen molar-refractivity contribution >= 4 is 15.7 Å². The smallest absolute Gasteiger partial charge is 0.411 e. The van der Waals surface area contributed by atoms with E-state index in [-0.39, 0.29) is 17.1 Å². The molecule has 0 unspecified atom stereocenters. The first-order valence-electron chi connectivity index (χ1n) is 9.61. The monoisotopic (exact) mass is 474 g/mol. The number of hydrogen-bond donors (Lipinski definition) is 0. The lowest BCUT2D eigenvalue weighted by molar-refractivity contribution is -0.384. The zero-order chi connectivity index (χ0) is 23.5. The summed E-state index contributed by atoms with van der Waals surface area (Å²) in [7, 11) is -2.68. The van der Waals surface area contributed by atoms with Crippen molar-refractivity contribution in [3.05, 3.63) is 64.2 Å². The number of non-ortho nitro benzene ring substituents is 1. The van der Waals surface area contributed by atoms with E-state index >= 15 is 0 Å². The standard InChI is InChI=1S/C20H21F3N2O6S/c1-30-16-8-4-14(5-9-16)19(31-13-20(21,22)23)18-3-2-12-24(18)32(28,29)17-10-6-15(7-11-17)25(26)27/h4-11,18-19H,2-3,12-13H2,1H3/t18-,19-/m1/s1. The second kappa shape index (κ2) is 9.43. The Kier molecular flexibility index (Phi) is 7.06. The molecule has 2 atom stereocenters. The van der Waals surface area contributed by atoms with Crippen LogP contribution in [0.4, 0.5) is 18.9 Å². The van der Waals surface area contributed by atoms with Crippen molar-refractivity contribution in [2.45, 2.75) is 36.1 Å². The van der Waals surface area contributed by atoms with Crippen LogP contribution in [0.2, 0.25) is 0 Å². The molecular weight excluding hydrogens is 453 g/mol. The first kappa shape index (κ1) is 24.0. The Morgan fingerprint density at radius 2 is 1.78 bits per heavy atom. The van der Waals surface area contributed by atoms with Crippen LogP contribution in [-0.2, 0) is 14.8 Å². The number of rotatable bonds is 8. The molecule has 0 radical (unpaired) electrons. The number of nitro groups is 1. The lowest BCUT2D eigenvalue weighted by atomic mass is 10.0. The molecule has 0 aliphatic carbocycles. The van der Waals surface area contributed by atoms with Gasteiger partial charge < -0.3 is 9.47 Å². The lowest BCUT2D eigenvalue weighted by Crippen LogP contribution is -2.40. The maximum Gasteiger partial charge on any atom is 0.411 e. The van der Waals surface area contributed by atoms with Gasteiger partial charge in [0, 0.05) is 18.7 Å². The highest BCUT2D eigenvalue weighted by atomic mass is 32.2. The van der Waals surface area contributed by atoms with Crippen LogP contribution in [0, 0.1) is 10.1 Å². The van der Waals surface area contributed by atoms with Gasteiger partial charge in [-0.1, -0.05) is 12.1 Å². The molecule has 1 saturated heterocycles. The molecule has 174 valence electrons. The predicted octanol–water partition coefficient (Wildman–Crippen LogP) is 4.08. The zero-order valence-electron chi connectivity index (χ0n) is 17.0. The van der Waals surface area contributed by atoms with Crippen molar-refractivity contribution in [3.8, 4) is 5.75 Å². The summed E-state index contributed by atoms with van der Waals surface area (Å²) in [4.78, 5) is 10.0. The van der Waals surface area contributed by atoms with Gasteiger partial charge in [0.15, 0.2) is 0 Å². The molecule has 0 bridgehead atoms. The van der Waals surface area contributed by atoms with Gasteiger partial charge in [0.25, 0.3) is 5.69 Å². The number of hydrogen-bond acceptors (Lipinski definition) is 6. The average Bonchev–Trinajstić information content (AvgIpc) is 3.24. The summed E-state index contributed by atoms with van der Waals surface area (Å²) in [5, 5.41) is 10.8. The van der Waals surface area contributed by atoms with Gasteiger partial charge in [0.2, 0.25) is 10.0 Å². The second-order valence-electron chi connectivity index (χ2n) is 7.20. The minimum absolute atomic E-state index is 0.0893. The molecule has 1 heterocycles. The first-order chi connectivity index (χ1) is 15.0. The van der Waals surface area contributed by atoms with Gasteiger partial charge in [-0.15, -0.1) is 0 Å². The molecule has 2 aromatic carbocycles. The Labute approximate surface area is 182 Å². The molecule has 8 nitrogen and oxygen atoms in total. The third-order valence-electron chi connectivity index (χ3n) is 5.12. The highest BCUT2D eigenvalue weighted by Gasteiger charge is 2.42. The third kappa shape index (κ3) is 5.37. The van der Waals surface area contributed by atoms with Crippen LogP contribution in [0.5, 0.6) is 5.75 Å². The van der Waals surface area contributed by atoms with Crippen LogP contribution in [0.15, 0.2) is 53.4 Å². The minimum atomic E-state index is -4.59. The fourth-order valence-corrected chi connectivity index (χ4v) is 5.34. The number of alkyl halides is 3. The van der Waals surface area contributed by atoms with E-state index in [9.17, 15) is 31.7 Å². The first-order valence-corrected chi connectivity index (χ1v) is 11.1. The Morgan fingerprint density at radius 3 is 2.31 bits per heavy atom. The van der Waals surface area contributed by atoms with E-state index in [1.54, 1.807) is 12.1 Å². The normalized spacial score (nSPS) is 18.4. The van der Waals surface area contributed by atoms with Gasteiger partial charge in [-0.2, -0.15) is 17.5 Å². The van der Waals surface area contributed by atoms with E-state index in [1.165, 1.54) is 19.2 Å². The summed E-state index contributed by atoms with van der Waals surface area (Å²) < 4.78 is 76.5. The van der Waals surface area contributed by atoms with Crippen LogP contribution in [0.3, 0.4) is 0 Å². The average molecular weight is 474 g/mol. The number of methoxy groups -OCH3 is 1. The molecular formula is C20H21F3N2O6S. The van der Waals surface area contributed by atoms with E-state index < -0.39 is 39.9 Å². The molecule has 0 amide bonds. The molecule has 2 aromatic rings. The summed E-state index contributed by atoms with van der Waals surface area (Å²) in [6.07, 6.45) is -5.04. The highest BCUT2D eigenvalue weighted by Crippen LogP contribution is 2.37. The quantitative estimate of drug-likeness (QED) is 0.422. The van der Waals surface area contributed by atoms with Crippen molar-refractivity contribution in [2.24, 2.45) is 0 Å². The molecule has 0 saturated carbocycles. The minimum Gasteiger partial charge on any atom is -0.497 e. The fourth-order valence-electron chi connectivity index (χ4n) is 3.65. The summed E-state index contributed by atoms with van der Waals surface area (Å²) in [5.41, 5.74) is 0.109. The van der Waals surface area contributed by atoms with Gasteiger partial charge in [0.05, 0.1) is 29.1 Å². The Morgan fingerprint density at radius 1 is 1.16 bits per heavy atom. The Hall–Kier alpha value is -2.70. The van der Waals surface area contributed by atoms with E-state index in [4.69, 9.17) is 9.47 Å². The summed E-state index contributed by atoms with van der Waals surface area (Å²) in [6.45, 7) is -1.45. The summed E-state index contributed by atoms with van der Waals surface area (Å²) in [6, 6.07) is 9.67. The Bertz CT molecular complexity index is 1040. The van der Waals surface area contributed by atoms with Crippen molar-refractivity contribution < 1.29 is 36.0 Å². The summed E-state index contributed by atoms with van der Waals surface area (Å²) in [5.74, 6) is 0.491. The van der Waals surface area contributed by atoms with Crippen LogP contribution in [0.25, 0.3) is 0 Å². The highest BCUT2D eigenvalue weighted by molar-refractivity contribution is 7.89. The van der Waals surface area contributed by atoms with E-state index in [1.807, 2.05) is 0 Å². The van der Waals surface area contributed by atoms with Crippen LogP contribution >= 0.6 is 0 Å². The maximum absolute atomic E-state index is 13.2. The molecule has 0 spiro atoms. The number of ether oxygens (including phenoxy) is 2. The molecule has 1 fully saturated rings. The van der Waals surface area contributed by atoms with Crippen molar-refractivity contribution in [1.82, 2.24) is 4.31 Å².